The van der Waals surface area contributed by atoms with Crippen LogP contribution in [0.25, 0.3) is 0 Å². The summed E-state index contributed by atoms with van der Waals surface area (Å²) in [5, 5.41) is 2.67. The predicted octanol–water partition coefficient (Wildman–Crippen LogP) is 3.57. The van der Waals surface area contributed by atoms with Crippen molar-refractivity contribution >= 4 is 31.9 Å². The summed E-state index contributed by atoms with van der Waals surface area (Å²) in [4.78, 5) is 0. The first-order valence-corrected chi connectivity index (χ1v) is 5.61. The number of hydrogen-bond donors (Lipinski definition) is 1. The molecule has 0 heterocycles. The Kier molecular flexibility index (Phi) is 4.98. The van der Waals surface area contributed by atoms with Gasteiger partial charge < -0.3 is 5.32 Å². The average Bonchev–Trinajstić information content (AvgIpc) is 2.08. The second-order valence-corrected chi connectivity index (χ2v) is 4.53. The van der Waals surface area contributed by atoms with E-state index in [9.17, 15) is 8.78 Å². The van der Waals surface area contributed by atoms with E-state index in [2.05, 4.69) is 37.2 Å². The monoisotopic (exact) mass is 327 g/mol. The minimum atomic E-state index is -2.30. The van der Waals surface area contributed by atoms with Gasteiger partial charge in [-0.2, -0.15) is 0 Å². The molecule has 0 bridgehead atoms. The summed E-state index contributed by atoms with van der Waals surface area (Å²) in [6, 6.07) is 5.65. The fraction of sp³-hybridized carbons (Fsp3) is 0.333. The van der Waals surface area contributed by atoms with Gasteiger partial charge >= 0.3 is 0 Å². The van der Waals surface area contributed by atoms with E-state index in [0.29, 0.717) is 6.54 Å². The van der Waals surface area contributed by atoms with Crippen molar-refractivity contribution in [3.63, 3.8) is 0 Å². The van der Waals surface area contributed by atoms with Crippen LogP contribution in [0.1, 0.15) is 5.56 Å². The maximum absolute atomic E-state index is 11.8. The second kappa shape index (κ2) is 5.78. The summed E-state index contributed by atoms with van der Waals surface area (Å²) >= 11 is 6.67. The number of hydrogen-bond acceptors (Lipinski definition) is 1. The lowest BCUT2D eigenvalue weighted by Crippen LogP contribution is -2.20. The number of halogens is 4. The third-order valence-electron chi connectivity index (χ3n) is 1.63. The zero-order valence-electron chi connectivity index (χ0n) is 7.24. The van der Waals surface area contributed by atoms with Crippen LogP contribution in [0.4, 0.5) is 8.78 Å². The lowest BCUT2D eigenvalue weighted by atomic mass is 10.2. The minimum absolute atomic E-state index is 0.275. The van der Waals surface area contributed by atoms with Gasteiger partial charge in [0.25, 0.3) is 6.43 Å². The lowest BCUT2D eigenvalue weighted by Gasteiger charge is -2.06. The van der Waals surface area contributed by atoms with Crippen molar-refractivity contribution < 1.29 is 8.78 Å². The van der Waals surface area contributed by atoms with Crippen LogP contribution < -0.4 is 5.32 Å². The van der Waals surface area contributed by atoms with Crippen molar-refractivity contribution in [2.45, 2.75) is 13.0 Å². The van der Waals surface area contributed by atoms with Crippen LogP contribution in [0.2, 0.25) is 0 Å². The van der Waals surface area contributed by atoms with Gasteiger partial charge in [0, 0.05) is 15.5 Å². The van der Waals surface area contributed by atoms with E-state index in [-0.39, 0.29) is 6.54 Å². The Labute approximate surface area is 98.1 Å². The Bertz CT molecular complexity index is 305. The third kappa shape index (κ3) is 4.02. The number of rotatable bonds is 4. The SMILES string of the molecule is FC(F)CNCc1ccc(Br)cc1Br. The van der Waals surface area contributed by atoms with E-state index in [4.69, 9.17) is 0 Å². The molecule has 5 heteroatoms. The highest BCUT2D eigenvalue weighted by molar-refractivity contribution is 9.11. The Morgan fingerprint density at radius 1 is 1.29 bits per heavy atom. The van der Waals surface area contributed by atoms with Crippen LogP contribution in [0.3, 0.4) is 0 Å². The minimum Gasteiger partial charge on any atom is -0.307 e. The van der Waals surface area contributed by atoms with Gasteiger partial charge in [-0.05, 0) is 17.7 Å². The number of nitrogens with one attached hydrogen (secondary N) is 1. The van der Waals surface area contributed by atoms with Gasteiger partial charge in [0.2, 0.25) is 0 Å². The van der Waals surface area contributed by atoms with Gasteiger partial charge in [-0.15, -0.1) is 0 Å². The van der Waals surface area contributed by atoms with Crippen LogP contribution in [0, 0.1) is 0 Å². The topological polar surface area (TPSA) is 12.0 Å². The van der Waals surface area contributed by atoms with Crippen LogP contribution in [-0.2, 0) is 6.54 Å². The van der Waals surface area contributed by atoms with E-state index in [1.54, 1.807) is 0 Å². The standard InChI is InChI=1S/C9H9Br2F2N/c10-7-2-1-6(8(11)3-7)4-14-5-9(12)13/h1-3,9,14H,4-5H2. The molecule has 0 fully saturated rings. The van der Waals surface area contributed by atoms with Crippen LogP contribution >= 0.6 is 31.9 Å². The Hall–Kier alpha value is -0.000000000000000111. The highest BCUT2D eigenvalue weighted by Gasteiger charge is 2.03. The molecule has 78 valence electrons. The molecule has 0 atom stereocenters. The van der Waals surface area contributed by atoms with Gasteiger partial charge in [-0.3, -0.25) is 0 Å². The maximum atomic E-state index is 11.8. The van der Waals surface area contributed by atoms with E-state index >= 15 is 0 Å². The van der Waals surface area contributed by atoms with Gasteiger partial charge in [0.1, 0.15) is 0 Å². The quantitative estimate of drug-likeness (QED) is 0.891. The molecule has 0 aromatic heterocycles. The predicted molar refractivity (Wildman–Crippen MR) is 59.6 cm³/mol. The summed E-state index contributed by atoms with van der Waals surface area (Å²) in [6.07, 6.45) is -2.30. The van der Waals surface area contributed by atoms with Gasteiger partial charge in [0.05, 0.1) is 6.54 Å². The molecule has 0 aliphatic rings. The van der Waals surface area contributed by atoms with Crippen molar-refractivity contribution in [3.8, 4) is 0 Å². The Morgan fingerprint density at radius 2 is 2.00 bits per heavy atom. The fourth-order valence-electron chi connectivity index (χ4n) is 0.981. The molecule has 0 aliphatic carbocycles. The summed E-state index contributed by atoms with van der Waals surface area (Å²) in [7, 11) is 0. The summed E-state index contributed by atoms with van der Waals surface area (Å²) in [5.74, 6) is 0. The zero-order chi connectivity index (χ0) is 10.6. The van der Waals surface area contributed by atoms with Gasteiger partial charge in [-0.25, -0.2) is 8.78 Å². The van der Waals surface area contributed by atoms with E-state index < -0.39 is 6.43 Å². The molecule has 0 unspecified atom stereocenters. The highest BCUT2D eigenvalue weighted by Crippen LogP contribution is 2.21. The molecule has 1 rings (SSSR count). The molecule has 0 amide bonds. The number of benzene rings is 1. The Morgan fingerprint density at radius 3 is 2.57 bits per heavy atom. The molecule has 0 spiro atoms. The van der Waals surface area contributed by atoms with Gasteiger partial charge in [-0.1, -0.05) is 37.9 Å². The fourth-order valence-corrected chi connectivity index (χ4v) is 2.17. The molecular formula is C9H9Br2F2N. The third-order valence-corrected chi connectivity index (χ3v) is 2.86. The molecule has 1 aromatic rings. The number of alkyl halides is 2. The van der Waals surface area contributed by atoms with Crippen molar-refractivity contribution in [2.75, 3.05) is 6.54 Å². The highest BCUT2D eigenvalue weighted by atomic mass is 79.9. The van der Waals surface area contributed by atoms with Crippen molar-refractivity contribution in [1.82, 2.24) is 5.32 Å². The van der Waals surface area contributed by atoms with Crippen molar-refractivity contribution in [2.24, 2.45) is 0 Å². The first kappa shape index (κ1) is 12.1. The first-order chi connectivity index (χ1) is 6.59. The maximum Gasteiger partial charge on any atom is 0.250 e. The normalized spacial score (nSPS) is 10.9. The summed E-state index contributed by atoms with van der Waals surface area (Å²) in [6.45, 7) is 0.167. The first-order valence-electron chi connectivity index (χ1n) is 4.02. The zero-order valence-corrected chi connectivity index (χ0v) is 10.4. The van der Waals surface area contributed by atoms with Crippen LogP contribution in [0.5, 0.6) is 0 Å². The molecule has 1 N–H and O–H groups in total. The van der Waals surface area contributed by atoms with Crippen LogP contribution in [-0.4, -0.2) is 13.0 Å². The largest absolute Gasteiger partial charge is 0.307 e. The van der Waals surface area contributed by atoms with E-state index in [1.165, 1.54) is 0 Å². The lowest BCUT2D eigenvalue weighted by molar-refractivity contribution is 0.145. The molecule has 0 radical (unpaired) electrons. The molecule has 1 nitrogen and oxygen atoms in total. The van der Waals surface area contributed by atoms with Crippen molar-refractivity contribution in [3.05, 3.63) is 32.7 Å². The Balaban J connectivity index is 2.51. The molecular weight excluding hydrogens is 320 g/mol. The average molecular weight is 329 g/mol. The van der Waals surface area contributed by atoms with Crippen LogP contribution in [0.15, 0.2) is 27.1 Å². The molecule has 0 saturated heterocycles. The molecule has 14 heavy (non-hydrogen) atoms. The smallest absolute Gasteiger partial charge is 0.250 e. The summed E-state index contributed by atoms with van der Waals surface area (Å²) in [5.41, 5.74) is 0.967. The van der Waals surface area contributed by atoms with Crippen molar-refractivity contribution in [1.29, 1.82) is 0 Å². The summed E-state index contributed by atoms with van der Waals surface area (Å²) < 4.78 is 25.5. The second-order valence-electron chi connectivity index (χ2n) is 2.76. The van der Waals surface area contributed by atoms with Gasteiger partial charge in [0.15, 0.2) is 0 Å². The van der Waals surface area contributed by atoms with E-state index in [1.807, 2.05) is 18.2 Å². The molecule has 1 aromatic carbocycles. The molecule has 0 aliphatic heterocycles. The van der Waals surface area contributed by atoms with E-state index in [0.717, 1.165) is 14.5 Å². The molecule has 0 saturated carbocycles.